The molecule has 2 N–H and O–H groups in total. The molecule has 102 valence electrons. The zero-order valence-electron chi connectivity index (χ0n) is 10.4. The van der Waals surface area contributed by atoms with Gasteiger partial charge in [-0.1, -0.05) is 0 Å². The molecule has 1 heterocycles. The molecule has 0 saturated carbocycles. The van der Waals surface area contributed by atoms with E-state index in [4.69, 9.17) is 9.47 Å². The number of carbonyl (C=O) groups excluding carboxylic acids is 2. The third-order valence-electron chi connectivity index (χ3n) is 2.50. The van der Waals surface area contributed by atoms with Crippen LogP contribution in [0, 0.1) is 0 Å². The van der Waals surface area contributed by atoms with Crippen molar-refractivity contribution in [1.82, 2.24) is 10.6 Å². The Labute approximate surface area is 109 Å². The lowest BCUT2D eigenvalue weighted by atomic mass is 10.2. The SMILES string of the molecule is COC(=O)NCCNC(=O)c1ccc2c(c1)OCO2. The minimum atomic E-state index is -0.530. The molecule has 1 aliphatic heterocycles. The van der Waals surface area contributed by atoms with Crippen LogP contribution in [0.15, 0.2) is 18.2 Å². The first-order chi connectivity index (χ1) is 9.20. The van der Waals surface area contributed by atoms with Gasteiger partial charge in [0, 0.05) is 18.7 Å². The molecule has 0 fully saturated rings. The molecule has 0 saturated heterocycles. The van der Waals surface area contributed by atoms with Gasteiger partial charge in [0.05, 0.1) is 7.11 Å². The van der Waals surface area contributed by atoms with E-state index in [0.717, 1.165) is 0 Å². The molecule has 0 aromatic heterocycles. The average Bonchev–Trinajstić information content (AvgIpc) is 2.90. The van der Waals surface area contributed by atoms with Gasteiger partial charge in [0.25, 0.3) is 5.91 Å². The van der Waals surface area contributed by atoms with Crippen molar-refractivity contribution < 1.29 is 23.8 Å². The highest BCUT2D eigenvalue weighted by molar-refractivity contribution is 5.94. The number of amides is 2. The summed E-state index contributed by atoms with van der Waals surface area (Å²) in [5, 5.41) is 5.12. The number of benzene rings is 1. The largest absolute Gasteiger partial charge is 0.454 e. The van der Waals surface area contributed by atoms with Crippen LogP contribution in [0.4, 0.5) is 4.79 Å². The van der Waals surface area contributed by atoms with E-state index < -0.39 is 6.09 Å². The zero-order valence-corrected chi connectivity index (χ0v) is 10.4. The molecule has 0 spiro atoms. The summed E-state index contributed by atoms with van der Waals surface area (Å²) in [5.41, 5.74) is 0.474. The standard InChI is InChI=1S/C12H14N2O5/c1-17-12(16)14-5-4-13-11(15)8-2-3-9-10(6-8)19-7-18-9/h2-3,6H,4-5,7H2,1H3,(H,13,15)(H,14,16). The van der Waals surface area contributed by atoms with Gasteiger partial charge >= 0.3 is 6.09 Å². The van der Waals surface area contributed by atoms with Crippen molar-refractivity contribution in [2.75, 3.05) is 27.0 Å². The minimum absolute atomic E-state index is 0.170. The molecule has 0 radical (unpaired) electrons. The Balaban J connectivity index is 1.82. The maximum Gasteiger partial charge on any atom is 0.406 e. The summed E-state index contributed by atoms with van der Waals surface area (Å²) < 4.78 is 14.7. The molecule has 1 aromatic rings. The molecule has 0 atom stereocenters. The van der Waals surface area contributed by atoms with E-state index in [1.807, 2.05) is 0 Å². The number of hydrogen-bond donors (Lipinski definition) is 2. The summed E-state index contributed by atoms with van der Waals surface area (Å²) in [6.07, 6.45) is -0.530. The molecule has 0 bridgehead atoms. The van der Waals surface area contributed by atoms with Crippen LogP contribution >= 0.6 is 0 Å². The average molecular weight is 266 g/mol. The van der Waals surface area contributed by atoms with Gasteiger partial charge in [-0.3, -0.25) is 4.79 Å². The van der Waals surface area contributed by atoms with Crippen molar-refractivity contribution in [2.45, 2.75) is 0 Å². The molecule has 0 aliphatic carbocycles. The fraction of sp³-hybridized carbons (Fsp3) is 0.333. The van der Waals surface area contributed by atoms with Gasteiger partial charge in [-0.25, -0.2) is 4.79 Å². The molecule has 2 rings (SSSR count). The number of methoxy groups -OCH3 is 1. The van der Waals surface area contributed by atoms with Crippen molar-refractivity contribution in [3.8, 4) is 11.5 Å². The van der Waals surface area contributed by atoms with Crippen molar-refractivity contribution in [3.63, 3.8) is 0 Å². The van der Waals surface area contributed by atoms with E-state index in [-0.39, 0.29) is 12.7 Å². The molecule has 1 aliphatic rings. The number of ether oxygens (including phenoxy) is 3. The Morgan fingerprint density at radius 1 is 1.21 bits per heavy atom. The van der Waals surface area contributed by atoms with E-state index in [0.29, 0.717) is 30.2 Å². The smallest absolute Gasteiger partial charge is 0.406 e. The highest BCUT2D eigenvalue weighted by Crippen LogP contribution is 2.32. The fourth-order valence-corrected chi connectivity index (χ4v) is 1.55. The first-order valence-corrected chi connectivity index (χ1v) is 5.70. The maximum atomic E-state index is 11.8. The monoisotopic (exact) mass is 266 g/mol. The quantitative estimate of drug-likeness (QED) is 0.775. The van der Waals surface area contributed by atoms with E-state index in [2.05, 4.69) is 15.4 Å². The van der Waals surface area contributed by atoms with E-state index >= 15 is 0 Å². The summed E-state index contributed by atoms with van der Waals surface area (Å²) >= 11 is 0. The topological polar surface area (TPSA) is 85.9 Å². The molecular formula is C12H14N2O5. The number of alkyl carbamates (subject to hydrolysis) is 1. The summed E-state index contributed by atoms with van der Waals surface area (Å²) in [4.78, 5) is 22.6. The predicted molar refractivity (Wildman–Crippen MR) is 65.3 cm³/mol. The lowest BCUT2D eigenvalue weighted by Gasteiger charge is -2.06. The van der Waals surface area contributed by atoms with Crippen LogP contribution in [0.5, 0.6) is 11.5 Å². The zero-order chi connectivity index (χ0) is 13.7. The van der Waals surface area contributed by atoms with Gasteiger partial charge in [-0.05, 0) is 18.2 Å². The van der Waals surface area contributed by atoms with Crippen molar-refractivity contribution >= 4 is 12.0 Å². The van der Waals surface area contributed by atoms with E-state index in [9.17, 15) is 9.59 Å². The van der Waals surface area contributed by atoms with Crippen molar-refractivity contribution in [3.05, 3.63) is 23.8 Å². The number of hydrogen-bond acceptors (Lipinski definition) is 5. The Hall–Kier alpha value is -2.44. The maximum absolute atomic E-state index is 11.8. The summed E-state index contributed by atoms with van der Waals surface area (Å²) in [5.74, 6) is 0.939. The van der Waals surface area contributed by atoms with Crippen LogP contribution in [0.2, 0.25) is 0 Å². The summed E-state index contributed by atoms with van der Waals surface area (Å²) in [6, 6.07) is 4.95. The Morgan fingerprint density at radius 3 is 2.74 bits per heavy atom. The van der Waals surface area contributed by atoms with Crippen molar-refractivity contribution in [2.24, 2.45) is 0 Å². The van der Waals surface area contributed by atoms with Crippen LogP contribution in [0.25, 0.3) is 0 Å². The third-order valence-corrected chi connectivity index (χ3v) is 2.50. The highest BCUT2D eigenvalue weighted by Gasteiger charge is 2.15. The van der Waals surface area contributed by atoms with Gasteiger partial charge < -0.3 is 24.8 Å². The number of fused-ring (bicyclic) bond motifs is 1. The van der Waals surface area contributed by atoms with E-state index in [1.54, 1.807) is 18.2 Å². The first kappa shape index (κ1) is 13.0. The van der Waals surface area contributed by atoms with Gasteiger partial charge in [0.1, 0.15) is 0 Å². The first-order valence-electron chi connectivity index (χ1n) is 5.70. The second-order valence-corrected chi connectivity index (χ2v) is 3.74. The highest BCUT2D eigenvalue weighted by atomic mass is 16.7. The van der Waals surface area contributed by atoms with Gasteiger partial charge in [0.15, 0.2) is 11.5 Å². The molecule has 0 unspecified atom stereocenters. The Morgan fingerprint density at radius 2 is 1.95 bits per heavy atom. The second kappa shape index (κ2) is 5.94. The number of nitrogens with one attached hydrogen (secondary N) is 2. The third kappa shape index (κ3) is 3.27. The molecular weight excluding hydrogens is 252 g/mol. The van der Waals surface area contributed by atoms with E-state index in [1.165, 1.54) is 7.11 Å². The van der Waals surface area contributed by atoms with Gasteiger partial charge in [-0.15, -0.1) is 0 Å². The lowest BCUT2D eigenvalue weighted by Crippen LogP contribution is -2.34. The Bertz CT molecular complexity index is 489. The lowest BCUT2D eigenvalue weighted by molar-refractivity contribution is 0.0952. The molecule has 19 heavy (non-hydrogen) atoms. The predicted octanol–water partition coefficient (Wildman–Crippen LogP) is 0.501. The van der Waals surface area contributed by atoms with Crippen molar-refractivity contribution in [1.29, 1.82) is 0 Å². The van der Waals surface area contributed by atoms with Crippen LogP contribution < -0.4 is 20.1 Å². The fourth-order valence-electron chi connectivity index (χ4n) is 1.55. The normalized spacial score (nSPS) is 11.8. The van der Waals surface area contributed by atoms with Crippen LogP contribution in [-0.2, 0) is 4.74 Å². The molecule has 7 heteroatoms. The Kier molecular flexibility index (Phi) is 4.07. The molecule has 2 amide bonds. The molecule has 7 nitrogen and oxygen atoms in total. The summed E-state index contributed by atoms with van der Waals surface area (Å²) in [7, 11) is 1.28. The second-order valence-electron chi connectivity index (χ2n) is 3.74. The number of rotatable bonds is 4. The molecule has 1 aromatic carbocycles. The van der Waals surface area contributed by atoms with Crippen LogP contribution in [0.1, 0.15) is 10.4 Å². The van der Waals surface area contributed by atoms with Crippen LogP contribution in [0.3, 0.4) is 0 Å². The van der Waals surface area contributed by atoms with Gasteiger partial charge in [0.2, 0.25) is 6.79 Å². The minimum Gasteiger partial charge on any atom is -0.454 e. The number of carbonyl (C=O) groups is 2. The van der Waals surface area contributed by atoms with Crippen LogP contribution in [-0.4, -0.2) is 39.0 Å². The summed E-state index contributed by atoms with van der Waals surface area (Å²) in [6.45, 7) is 0.773. The van der Waals surface area contributed by atoms with Gasteiger partial charge in [-0.2, -0.15) is 0 Å².